The van der Waals surface area contributed by atoms with E-state index in [1.807, 2.05) is 13.8 Å². The Balaban J connectivity index is 2.03. The van der Waals surface area contributed by atoms with Crippen molar-refractivity contribution in [1.82, 2.24) is 0 Å². The highest BCUT2D eigenvalue weighted by atomic mass is 16.7. The van der Waals surface area contributed by atoms with Crippen LogP contribution in [0, 0.1) is 5.92 Å². The standard InChI is InChI=1S/C16H28O3/c1-4-8-13-9-7-11-15(12-10-13)16(5-2,19-15)14(17)18-6-3/h13H,4-12H2,1-3H3. The molecule has 1 heterocycles. The topological polar surface area (TPSA) is 38.8 Å². The molecule has 0 aromatic rings. The second-order valence-electron chi connectivity index (χ2n) is 6.08. The lowest BCUT2D eigenvalue weighted by Gasteiger charge is -2.16. The summed E-state index contributed by atoms with van der Waals surface area (Å²) in [5.74, 6) is 0.691. The maximum atomic E-state index is 12.2. The Kier molecular flexibility index (Phi) is 4.54. The van der Waals surface area contributed by atoms with Crippen LogP contribution in [-0.4, -0.2) is 23.8 Å². The fraction of sp³-hybridized carbons (Fsp3) is 0.938. The minimum Gasteiger partial charge on any atom is -0.464 e. The number of hydrogen-bond donors (Lipinski definition) is 0. The van der Waals surface area contributed by atoms with Gasteiger partial charge in [0.25, 0.3) is 0 Å². The van der Waals surface area contributed by atoms with Crippen LogP contribution in [0.15, 0.2) is 0 Å². The summed E-state index contributed by atoms with van der Waals surface area (Å²) in [5.41, 5.74) is -0.819. The van der Waals surface area contributed by atoms with Crippen LogP contribution < -0.4 is 0 Å². The summed E-state index contributed by atoms with van der Waals surface area (Å²) >= 11 is 0. The van der Waals surface area contributed by atoms with Gasteiger partial charge in [0.2, 0.25) is 0 Å². The molecule has 3 atom stereocenters. The van der Waals surface area contributed by atoms with E-state index in [1.54, 1.807) is 0 Å². The first kappa shape index (κ1) is 14.8. The number of hydrogen-bond acceptors (Lipinski definition) is 3. The van der Waals surface area contributed by atoms with Crippen LogP contribution in [0.4, 0.5) is 0 Å². The van der Waals surface area contributed by atoms with E-state index in [2.05, 4.69) is 6.92 Å². The molecule has 1 aliphatic heterocycles. The number of carbonyl (C=O) groups excluding carboxylic acids is 1. The average molecular weight is 268 g/mol. The lowest BCUT2D eigenvalue weighted by Crippen LogP contribution is -2.35. The predicted octanol–water partition coefficient (Wildman–Crippen LogP) is 3.85. The molecule has 3 heteroatoms. The van der Waals surface area contributed by atoms with Crippen molar-refractivity contribution in [3.63, 3.8) is 0 Å². The van der Waals surface area contributed by atoms with Gasteiger partial charge in [-0.3, -0.25) is 0 Å². The van der Waals surface area contributed by atoms with Crippen LogP contribution in [-0.2, 0) is 14.3 Å². The van der Waals surface area contributed by atoms with Crippen LogP contribution in [0.3, 0.4) is 0 Å². The summed E-state index contributed by atoms with van der Waals surface area (Å²) in [7, 11) is 0. The van der Waals surface area contributed by atoms with Crippen LogP contribution in [0.1, 0.15) is 72.1 Å². The quantitative estimate of drug-likeness (QED) is 0.561. The molecule has 1 saturated heterocycles. The van der Waals surface area contributed by atoms with E-state index in [9.17, 15) is 4.79 Å². The van der Waals surface area contributed by atoms with Crippen molar-refractivity contribution in [2.24, 2.45) is 5.92 Å². The van der Waals surface area contributed by atoms with Gasteiger partial charge in [-0.2, -0.15) is 0 Å². The van der Waals surface area contributed by atoms with Crippen LogP contribution in [0.2, 0.25) is 0 Å². The molecule has 1 aliphatic carbocycles. The molecule has 0 amide bonds. The number of epoxide rings is 1. The van der Waals surface area contributed by atoms with Crippen LogP contribution in [0.25, 0.3) is 0 Å². The smallest absolute Gasteiger partial charge is 0.341 e. The third-order valence-corrected chi connectivity index (χ3v) is 5.01. The molecule has 3 unspecified atom stereocenters. The van der Waals surface area contributed by atoms with E-state index in [1.165, 1.54) is 32.1 Å². The summed E-state index contributed by atoms with van der Waals surface area (Å²) in [6.45, 7) is 6.60. The summed E-state index contributed by atoms with van der Waals surface area (Å²) in [6, 6.07) is 0. The number of carbonyl (C=O) groups is 1. The van der Waals surface area contributed by atoms with E-state index in [-0.39, 0.29) is 11.6 Å². The number of esters is 1. The van der Waals surface area contributed by atoms with E-state index in [0.29, 0.717) is 6.61 Å². The summed E-state index contributed by atoms with van der Waals surface area (Å²) in [4.78, 5) is 12.2. The second kappa shape index (κ2) is 5.82. The van der Waals surface area contributed by atoms with Crippen molar-refractivity contribution < 1.29 is 14.3 Å². The maximum Gasteiger partial charge on any atom is 0.341 e. The third-order valence-electron chi connectivity index (χ3n) is 5.01. The Labute approximate surface area is 117 Å². The molecule has 0 aromatic heterocycles. The molecule has 1 saturated carbocycles. The zero-order chi connectivity index (χ0) is 13.9. The largest absolute Gasteiger partial charge is 0.464 e. The van der Waals surface area contributed by atoms with Gasteiger partial charge in [0.15, 0.2) is 5.60 Å². The molecule has 0 N–H and O–H groups in total. The zero-order valence-electron chi connectivity index (χ0n) is 12.7. The average Bonchev–Trinajstić information content (AvgIpc) is 3.10. The van der Waals surface area contributed by atoms with Crippen molar-refractivity contribution in [2.75, 3.05) is 6.61 Å². The third kappa shape index (κ3) is 2.54. The zero-order valence-corrected chi connectivity index (χ0v) is 12.7. The molecule has 0 bridgehead atoms. The van der Waals surface area contributed by atoms with Gasteiger partial charge < -0.3 is 9.47 Å². The van der Waals surface area contributed by atoms with Gasteiger partial charge in [0.05, 0.1) is 6.61 Å². The normalized spacial score (nSPS) is 37.9. The van der Waals surface area contributed by atoms with E-state index >= 15 is 0 Å². The number of ether oxygens (including phenoxy) is 2. The summed E-state index contributed by atoms with van der Waals surface area (Å²) in [6.07, 6.45) is 9.06. The van der Waals surface area contributed by atoms with Crippen LogP contribution in [0.5, 0.6) is 0 Å². The van der Waals surface area contributed by atoms with Gasteiger partial charge >= 0.3 is 5.97 Å². The van der Waals surface area contributed by atoms with Crippen molar-refractivity contribution in [3.05, 3.63) is 0 Å². The molecule has 110 valence electrons. The maximum absolute atomic E-state index is 12.2. The molecule has 2 rings (SSSR count). The molecule has 2 aliphatic rings. The van der Waals surface area contributed by atoms with Crippen molar-refractivity contribution >= 4 is 5.97 Å². The first-order valence-electron chi connectivity index (χ1n) is 8.01. The minimum atomic E-state index is -0.621. The summed E-state index contributed by atoms with van der Waals surface area (Å²) < 4.78 is 11.3. The van der Waals surface area contributed by atoms with Crippen molar-refractivity contribution in [2.45, 2.75) is 83.3 Å². The van der Waals surface area contributed by atoms with Gasteiger partial charge in [-0.1, -0.05) is 39.5 Å². The van der Waals surface area contributed by atoms with Crippen LogP contribution >= 0.6 is 0 Å². The molecular formula is C16H28O3. The SMILES string of the molecule is CCCC1CCCC2(CC1)OC2(CC)C(=O)OCC. The highest BCUT2D eigenvalue weighted by Crippen LogP contribution is 2.58. The minimum absolute atomic E-state index is 0.133. The first-order valence-corrected chi connectivity index (χ1v) is 8.01. The molecule has 0 radical (unpaired) electrons. The molecule has 3 nitrogen and oxygen atoms in total. The molecular weight excluding hydrogens is 240 g/mol. The van der Waals surface area contributed by atoms with Crippen molar-refractivity contribution in [1.29, 1.82) is 0 Å². The van der Waals surface area contributed by atoms with Gasteiger partial charge in [-0.15, -0.1) is 0 Å². The Morgan fingerprint density at radius 2 is 2.05 bits per heavy atom. The van der Waals surface area contributed by atoms with E-state index in [0.717, 1.165) is 25.2 Å². The Bertz CT molecular complexity index is 328. The fourth-order valence-corrected chi connectivity index (χ4v) is 3.91. The highest BCUT2D eigenvalue weighted by Gasteiger charge is 2.73. The van der Waals surface area contributed by atoms with Gasteiger partial charge in [0.1, 0.15) is 5.60 Å². The van der Waals surface area contributed by atoms with Crippen molar-refractivity contribution in [3.8, 4) is 0 Å². The van der Waals surface area contributed by atoms with Gasteiger partial charge in [-0.25, -0.2) is 4.79 Å². The lowest BCUT2D eigenvalue weighted by molar-refractivity contribution is -0.149. The monoisotopic (exact) mass is 268 g/mol. The van der Waals surface area contributed by atoms with E-state index in [4.69, 9.17) is 9.47 Å². The molecule has 0 aromatic carbocycles. The van der Waals surface area contributed by atoms with Gasteiger partial charge in [0, 0.05) is 0 Å². The lowest BCUT2D eigenvalue weighted by atomic mass is 9.84. The molecule has 1 spiro atoms. The molecule has 19 heavy (non-hydrogen) atoms. The molecule has 2 fully saturated rings. The Hall–Kier alpha value is -0.570. The second-order valence-corrected chi connectivity index (χ2v) is 6.08. The van der Waals surface area contributed by atoms with E-state index < -0.39 is 5.60 Å². The highest BCUT2D eigenvalue weighted by molar-refractivity contribution is 5.84. The fourth-order valence-electron chi connectivity index (χ4n) is 3.91. The Morgan fingerprint density at radius 1 is 1.26 bits per heavy atom. The summed E-state index contributed by atoms with van der Waals surface area (Å²) in [5, 5.41) is 0. The first-order chi connectivity index (χ1) is 9.14. The predicted molar refractivity (Wildman–Crippen MR) is 75.0 cm³/mol. The van der Waals surface area contributed by atoms with Gasteiger partial charge in [-0.05, 0) is 38.5 Å². The number of rotatable bonds is 5. The Morgan fingerprint density at radius 3 is 2.68 bits per heavy atom.